The van der Waals surface area contributed by atoms with Crippen molar-refractivity contribution in [3.63, 3.8) is 0 Å². The van der Waals surface area contributed by atoms with Gasteiger partial charge in [0.25, 0.3) is 0 Å². The molecule has 0 bridgehead atoms. The van der Waals surface area contributed by atoms with Gasteiger partial charge < -0.3 is 4.74 Å². The van der Waals surface area contributed by atoms with E-state index in [1.54, 1.807) is 5.57 Å². The lowest BCUT2D eigenvalue weighted by atomic mass is 9.55. The molecular weight excluding hydrogens is 472 g/mol. The highest BCUT2D eigenvalue weighted by Gasteiger charge is 2.58. The minimum Gasteiger partial charge on any atom is -0.458 e. The highest BCUT2D eigenvalue weighted by Crippen LogP contribution is 2.64. The first kappa shape index (κ1) is 29.3. The number of ketones is 2. The van der Waals surface area contributed by atoms with Crippen LogP contribution in [0.4, 0.5) is 0 Å². The summed E-state index contributed by atoms with van der Waals surface area (Å²) in [5.41, 5.74) is 4.37. The topological polar surface area (TPSA) is 60.4 Å². The second kappa shape index (κ2) is 13.6. The van der Waals surface area contributed by atoms with Crippen LogP contribution >= 0.6 is 0 Å². The number of fused-ring (bicyclic) bond motifs is 4. The monoisotopic (exact) mass is 524 g/mol. The van der Waals surface area contributed by atoms with Crippen LogP contribution in [0.15, 0.2) is 22.8 Å². The zero-order chi connectivity index (χ0) is 27.1. The van der Waals surface area contributed by atoms with Crippen LogP contribution in [0.2, 0.25) is 0 Å². The summed E-state index contributed by atoms with van der Waals surface area (Å²) in [5, 5.41) is 0. The summed E-state index contributed by atoms with van der Waals surface area (Å²) >= 11 is 0. The number of allylic oxidation sites excluding steroid dienone is 4. The number of unbranched alkanes of at least 4 members (excludes halogenated alkanes) is 8. The summed E-state index contributed by atoms with van der Waals surface area (Å²) in [5.74, 6) is 1.68. The third-order valence-corrected chi connectivity index (χ3v) is 10.6. The second-order valence-electron chi connectivity index (χ2n) is 13.0. The van der Waals surface area contributed by atoms with Gasteiger partial charge in [0.2, 0.25) is 0 Å². The van der Waals surface area contributed by atoms with E-state index in [-0.39, 0.29) is 35.5 Å². The van der Waals surface area contributed by atoms with Gasteiger partial charge in [0.05, 0.1) is 0 Å². The standard InChI is InChI=1S/C34H52O4/c1-4-6-7-8-9-10-11-12-13-14-32(37)38-23-31(36)33-24(5-2)22-30-29-17-15-25-21-26(35)16-18-27(25)28(29)19-20-34(30,33)3/h21,24,29-30,33H,4-20,22-23H2,1-3H3/t24-,29+,30-,33+,34-/m0/s1. The maximum atomic E-state index is 13.6. The molecule has 0 aromatic carbocycles. The Balaban J connectivity index is 1.27. The molecule has 38 heavy (non-hydrogen) atoms. The number of Topliss-reactive ketones (excluding diaryl/α,β-unsaturated/α-hetero) is 1. The van der Waals surface area contributed by atoms with Gasteiger partial charge in [0, 0.05) is 18.8 Å². The molecule has 0 heterocycles. The molecule has 0 spiro atoms. The van der Waals surface area contributed by atoms with Gasteiger partial charge in [-0.05, 0) is 85.3 Å². The molecule has 0 aromatic heterocycles. The van der Waals surface area contributed by atoms with Gasteiger partial charge in [0.15, 0.2) is 11.6 Å². The van der Waals surface area contributed by atoms with E-state index >= 15 is 0 Å². The lowest BCUT2D eigenvalue weighted by Crippen LogP contribution is -2.43. The van der Waals surface area contributed by atoms with Crippen molar-refractivity contribution in [3.05, 3.63) is 22.8 Å². The van der Waals surface area contributed by atoms with E-state index in [2.05, 4.69) is 20.8 Å². The largest absolute Gasteiger partial charge is 0.458 e. The Morgan fingerprint density at radius 1 is 0.947 bits per heavy atom. The van der Waals surface area contributed by atoms with Crippen molar-refractivity contribution in [1.82, 2.24) is 0 Å². The first-order valence-corrected chi connectivity index (χ1v) is 16.0. The molecule has 5 atom stereocenters. The lowest BCUT2D eigenvalue weighted by molar-refractivity contribution is -0.151. The molecule has 4 heteroatoms. The molecule has 4 rings (SSSR count). The van der Waals surface area contributed by atoms with E-state index in [4.69, 9.17) is 4.74 Å². The first-order chi connectivity index (χ1) is 18.4. The Labute approximate surface area is 231 Å². The summed E-state index contributed by atoms with van der Waals surface area (Å²) in [4.78, 5) is 38.0. The predicted octanol–water partition coefficient (Wildman–Crippen LogP) is 8.48. The third-order valence-electron chi connectivity index (χ3n) is 10.6. The molecule has 0 unspecified atom stereocenters. The summed E-state index contributed by atoms with van der Waals surface area (Å²) in [6.45, 7) is 6.77. The van der Waals surface area contributed by atoms with Crippen molar-refractivity contribution in [1.29, 1.82) is 0 Å². The molecule has 212 valence electrons. The Hall–Kier alpha value is -1.71. The first-order valence-electron chi connectivity index (χ1n) is 16.0. The van der Waals surface area contributed by atoms with Crippen LogP contribution in [0.3, 0.4) is 0 Å². The van der Waals surface area contributed by atoms with E-state index in [1.807, 2.05) is 6.08 Å². The van der Waals surface area contributed by atoms with Crippen molar-refractivity contribution in [2.24, 2.45) is 29.1 Å². The van der Waals surface area contributed by atoms with Crippen LogP contribution in [0.5, 0.6) is 0 Å². The van der Waals surface area contributed by atoms with Gasteiger partial charge in [0.1, 0.15) is 6.61 Å². The van der Waals surface area contributed by atoms with Gasteiger partial charge in [-0.1, -0.05) is 84.1 Å². The highest BCUT2D eigenvalue weighted by molar-refractivity contribution is 5.93. The van der Waals surface area contributed by atoms with Gasteiger partial charge in [-0.3, -0.25) is 14.4 Å². The van der Waals surface area contributed by atoms with Crippen molar-refractivity contribution in [2.75, 3.05) is 6.61 Å². The number of ether oxygens (including phenoxy) is 1. The summed E-state index contributed by atoms with van der Waals surface area (Å²) in [6, 6.07) is 0. The SMILES string of the molecule is CCCCCCCCCCCC(=O)OCC(=O)[C@H]1[C@@H](CC)C[C@H]2[C@@H]3CCC4=CC(=O)CCC4=C3CC[C@@]21C. The average Bonchev–Trinajstić information content (AvgIpc) is 3.23. The molecule has 0 aromatic rings. The summed E-state index contributed by atoms with van der Waals surface area (Å²) in [7, 11) is 0. The molecule has 4 aliphatic rings. The Morgan fingerprint density at radius 2 is 1.66 bits per heavy atom. The van der Waals surface area contributed by atoms with Crippen molar-refractivity contribution >= 4 is 17.5 Å². The van der Waals surface area contributed by atoms with Crippen molar-refractivity contribution < 1.29 is 19.1 Å². The van der Waals surface area contributed by atoms with Gasteiger partial charge in [-0.2, -0.15) is 0 Å². The van der Waals surface area contributed by atoms with Gasteiger partial charge >= 0.3 is 5.97 Å². The Kier molecular flexibility index (Phi) is 10.5. The molecular formula is C34H52O4. The zero-order valence-electron chi connectivity index (χ0n) is 24.5. The number of carbonyl (C=O) groups excluding carboxylic acids is 3. The minimum absolute atomic E-state index is 0.00516. The lowest BCUT2D eigenvalue weighted by Gasteiger charge is -2.49. The van der Waals surface area contributed by atoms with Gasteiger partial charge in [-0.25, -0.2) is 0 Å². The summed E-state index contributed by atoms with van der Waals surface area (Å²) < 4.78 is 5.56. The molecule has 4 aliphatic carbocycles. The molecule has 0 radical (unpaired) electrons. The quantitative estimate of drug-likeness (QED) is 0.169. The second-order valence-corrected chi connectivity index (χ2v) is 13.0. The van der Waals surface area contributed by atoms with Crippen LogP contribution in [-0.4, -0.2) is 24.1 Å². The van der Waals surface area contributed by atoms with E-state index in [9.17, 15) is 14.4 Å². The van der Waals surface area contributed by atoms with E-state index in [1.165, 1.54) is 56.1 Å². The predicted molar refractivity (Wildman–Crippen MR) is 153 cm³/mol. The van der Waals surface area contributed by atoms with Crippen molar-refractivity contribution in [2.45, 2.75) is 136 Å². The number of hydrogen-bond acceptors (Lipinski definition) is 4. The molecule has 0 aliphatic heterocycles. The number of carbonyl (C=O) groups is 3. The fourth-order valence-electron chi connectivity index (χ4n) is 8.64. The van der Waals surface area contributed by atoms with Crippen LogP contribution in [-0.2, 0) is 19.1 Å². The molecule has 4 nitrogen and oxygen atoms in total. The maximum Gasteiger partial charge on any atom is 0.306 e. The van der Waals surface area contributed by atoms with E-state index in [0.717, 1.165) is 57.8 Å². The van der Waals surface area contributed by atoms with E-state index < -0.39 is 0 Å². The fourth-order valence-corrected chi connectivity index (χ4v) is 8.64. The van der Waals surface area contributed by atoms with Crippen LogP contribution in [0.1, 0.15) is 136 Å². The van der Waals surface area contributed by atoms with Crippen molar-refractivity contribution in [3.8, 4) is 0 Å². The highest BCUT2D eigenvalue weighted by atomic mass is 16.5. The number of rotatable bonds is 14. The average molecular weight is 525 g/mol. The molecule has 0 amide bonds. The Morgan fingerprint density at radius 3 is 2.37 bits per heavy atom. The normalized spacial score (nSPS) is 30.4. The Bertz CT molecular complexity index is 927. The zero-order valence-corrected chi connectivity index (χ0v) is 24.5. The fraction of sp³-hybridized carbons (Fsp3) is 0.794. The van der Waals surface area contributed by atoms with Crippen LogP contribution in [0, 0.1) is 29.1 Å². The number of hydrogen-bond donors (Lipinski definition) is 0. The van der Waals surface area contributed by atoms with Crippen LogP contribution in [0.25, 0.3) is 0 Å². The molecule has 2 saturated carbocycles. The van der Waals surface area contributed by atoms with Crippen LogP contribution < -0.4 is 0 Å². The third kappa shape index (κ3) is 6.53. The van der Waals surface area contributed by atoms with Gasteiger partial charge in [-0.15, -0.1) is 0 Å². The molecule has 2 fully saturated rings. The molecule has 0 saturated heterocycles. The maximum absolute atomic E-state index is 13.6. The number of esters is 1. The molecule has 0 N–H and O–H groups in total. The minimum atomic E-state index is -0.205. The summed E-state index contributed by atoms with van der Waals surface area (Å²) in [6.07, 6.45) is 21.2. The van der Waals surface area contributed by atoms with E-state index in [0.29, 0.717) is 30.6 Å². The smallest absolute Gasteiger partial charge is 0.306 e.